The molecule has 0 unspecified atom stereocenters. The summed E-state index contributed by atoms with van der Waals surface area (Å²) in [6, 6.07) is 24.0. The average Bonchev–Trinajstić information content (AvgIpc) is 3.14. The van der Waals surface area contributed by atoms with Crippen molar-refractivity contribution in [3.05, 3.63) is 77.7 Å². The second kappa shape index (κ2) is 7.77. The predicted molar refractivity (Wildman–Crippen MR) is 117 cm³/mol. The van der Waals surface area contributed by atoms with Gasteiger partial charge >= 0.3 is 0 Å². The molecule has 0 aliphatic heterocycles. The zero-order valence-corrected chi connectivity index (χ0v) is 17.3. The average molecular weight is 423 g/mol. The molecule has 0 aliphatic carbocycles. The van der Waals surface area contributed by atoms with E-state index in [1.807, 2.05) is 53.3 Å². The summed E-state index contributed by atoms with van der Waals surface area (Å²) in [5.74, 6) is -0.544. The van der Waals surface area contributed by atoms with Crippen LogP contribution in [-0.2, 0) is 21.2 Å². The number of rotatable bonds is 5. The molecule has 0 bridgehead atoms. The van der Waals surface area contributed by atoms with Crippen LogP contribution in [0.25, 0.3) is 32.6 Å². The van der Waals surface area contributed by atoms with Crippen LogP contribution >= 0.6 is 11.3 Å². The number of nitrogens with one attached hydrogen (secondary N) is 1. The van der Waals surface area contributed by atoms with Crippen molar-refractivity contribution in [2.24, 2.45) is 0 Å². The van der Waals surface area contributed by atoms with Crippen molar-refractivity contribution in [2.75, 3.05) is 6.26 Å². The number of amides is 1. The van der Waals surface area contributed by atoms with E-state index in [1.165, 1.54) is 11.3 Å². The highest BCUT2D eigenvalue weighted by Crippen LogP contribution is 2.34. The summed E-state index contributed by atoms with van der Waals surface area (Å²) in [5, 5.41) is 1.08. The maximum Gasteiger partial charge on any atom is 0.238 e. The Hall–Kier alpha value is -3.03. The Morgan fingerprint density at radius 2 is 1.72 bits per heavy atom. The largest absolute Gasteiger partial charge is 0.274 e. The van der Waals surface area contributed by atoms with Gasteiger partial charge in [-0.1, -0.05) is 48.5 Å². The molecule has 1 amide bonds. The molecule has 2 heterocycles. The molecule has 7 heteroatoms. The lowest BCUT2D eigenvalue weighted by Crippen LogP contribution is -2.30. The number of para-hydroxylation sites is 1. The van der Waals surface area contributed by atoms with Crippen LogP contribution in [0.4, 0.5) is 0 Å². The van der Waals surface area contributed by atoms with Gasteiger partial charge in [0.1, 0.15) is 0 Å². The van der Waals surface area contributed by atoms with Crippen molar-refractivity contribution in [2.45, 2.75) is 6.42 Å². The van der Waals surface area contributed by atoms with Gasteiger partial charge in [-0.15, -0.1) is 11.3 Å². The molecule has 0 saturated heterocycles. The van der Waals surface area contributed by atoms with E-state index in [1.54, 1.807) is 0 Å². The summed E-state index contributed by atoms with van der Waals surface area (Å²) in [5.41, 5.74) is 3.92. The standard InChI is InChI=1S/C22H18N2O3S2/c1-29(26,27)24-22(25)13-16-11-12-21(28-16)20-14-18(15-7-3-2-4-8-15)17-9-5-6-10-19(17)23-20/h2-12,14H,13H2,1H3,(H,24,25). The van der Waals surface area contributed by atoms with Gasteiger partial charge in [-0.05, 0) is 35.4 Å². The minimum atomic E-state index is -3.56. The van der Waals surface area contributed by atoms with Crippen LogP contribution in [0, 0.1) is 0 Å². The Labute approximate surface area is 173 Å². The molecular formula is C22H18N2O3S2. The van der Waals surface area contributed by atoms with Crippen molar-refractivity contribution in [3.63, 3.8) is 0 Å². The Morgan fingerprint density at radius 1 is 1.00 bits per heavy atom. The number of thiophene rings is 1. The van der Waals surface area contributed by atoms with Gasteiger partial charge in [0, 0.05) is 10.3 Å². The van der Waals surface area contributed by atoms with Crippen LogP contribution in [0.5, 0.6) is 0 Å². The second-order valence-electron chi connectivity index (χ2n) is 6.68. The lowest BCUT2D eigenvalue weighted by molar-refractivity contribution is -0.118. The van der Waals surface area contributed by atoms with E-state index in [0.717, 1.165) is 43.7 Å². The van der Waals surface area contributed by atoms with E-state index in [9.17, 15) is 13.2 Å². The van der Waals surface area contributed by atoms with Gasteiger partial charge in [0.2, 0.25) is 15.9 Å². The number of pyridine rings is 1. The maximum absolute atomic E-state index is 11.9. The molecule has 2 aromatic carbocycles. The number of sulfonamides is 1. The number of carbonyl (C=O) groups excluding carboxylic acids is 1. The number of benzene rings is 2. The van der Waals surface area contributed by atoms with Gasteiger partial charge in [-0.3, -0.25) is 9.52 Å². The lowest BCUT2D eigenvalue weighted by atomic mass is 10.00. The van der Waals surface area contributed by atoms with Gasteiger partial charge in [0.05, 0.1) is 28.8 Å². The van der Waals surface area contributed by atoms with Crippen molar-refractivity contribution >= 4 is 38.2 Å². The third-order valence-electron chi connectivity index (χ3n) is 4.35. The molecular weight excluding hydrogens is 404 g/mol. The van der Waals surface area contributed by atoms with Gasteiger partial charge in [-0.25, -0.2) is 13.4 Å². The van der Waals surface area contributed by atoms with E-state index in [-0.39, 0.29) is 6.42 Å². The minimum absolute atomic E-state index is 0.0108. The molecule has 5 nitrogen and oxygen atoms in total. The fraction of sp³-hybridized carbons (Fsp3) is 0.0909. The van der Waals surface area contributed by atoms with Crippen LogP contribution < -0.4 is 4.72 Å². The zero-order valence-electron chi connectivity index (χ0n) is 15.6. The Balaban J connectivity index is 1.72. The van der Waals surface area contributed by atoms with Crippen LogP contribution in [0.15, 0.2) is 72.8 Å². The number of fused-ring (bicyclic) bond motifs is 1. The van der Waals surface area contributed by atoms with E-state index >= 15 is 0 Å². The monoisotopic (exact) mass is 422 g/mol. The van der Waals surface area contributed by atoms with Crippen LogP contribution in [0.3, 0.4) is 0 Å². The van der Waals surface area contributed by atoms with Crippen molar-refractivity contribution in [1.29, 1.82) is 0 Å². The molecule has 146 valence electrons. The van der Waals surface area contributed by atoms with Crippen molar-refractivity contribution < 1.29 is 13.2 Å². The number of carbonyl (C=O) groups is 1. The lowest BCUT2D eigenvalue weighted by Gasteiger charge is -2.09. The summed E-state index contributed by atoms with van der Waals surface area (Å²) in [4.78, 5) is 18.4. The Kier molecular flexibility index (Phi) is 5.17. The molecule has 0 saturated carbocycles. The summed E-state index contributed by atoms with van der Waals surface area (Å²) >= 11 is 1.43. The first kappa shape index (κ1) is 19.3. The van der Waals surface area contributed by atoms with Crippen LogP contribution in [0.2, 0.25) is 0 Å². The smallest absolute Gasteiger partial charge is 0.238 e. The molecule has 0 atom stereocenters. The normalized spacial score (nSPS) is 11.5. The van der Waals surface area contributed by atoms with Gasteiger partial charge in [0.15, 0.2) is 0 Å². The third kappa shape index (κ3) is 4.52. The highest BCUT2D eigenvalue weighted by molar-refractivity contribution is 7.89. The molecule has 2 aromatic heterocycles. The minimum Gasteiger partial charge on any atom is -0.274 e. The fourth-order valence-corrected chi connectivity index (χ4v) is 4.62. The van der Waals surface area contributed by atoms with Crippen molar-refractivity contribution in [1.82, 2.24) is 9.71 Å². The number of hydrogen-bond acceptors (Lipinski definition) is 5. The first-order chi connectivity index (χ1) is 13.9. The first-order valence-corrected chi connectivity index (χ1v) is 11.6. The molecule has 1 N–H and O–H groups in total. The summed E-state index contributed by atoms with van der Waals surface area (Å²) in [7, 11) is -3.56. The zero-order chi connectivity index (χ0) is 20.4. The van der Waals surface area contributed by atoms with Crippen LogP contribution in [-0.4, -0.2) is 25.6 Å². The number of nitrogens with zero attached hydrogens (tertiary/aromatic N) is 1. The Bertz CT molecular complexity index is 1300. The summed E-state index contributed by atoms with van der Waals surface area (Å²) in [6.45, 7) is 0. The quantitative estimate of drug-likeness (QED) is 0.522. The molecule has 0 radical (unpaired) electrons. The fourth-order valence-electron chi connectivity index (χ4n) is 3.17. The predicted octanol–water partition coefficient (Wildman–Crippen LogP) is 4.25. The highest BCUT2D eigenvalue weighted by Gasteiger charge is 2.14. The summed E-state index contributed by atoms with van der Waals surface area (Å²) in [6.07, 6.45) is 0.978. The van der Waals surface area contributed by atoms with E-state index in [2.05, 4.69) is 24.3 Å². The highest BCUT2D eigenvalue weighted by atomic mass is 32.2. The molecule has 29 heavy (non-hydrogen) atoms. The molecule has 4 rings (SSSR count). The van der Waals surface area contributed by atoms with E-state index < -0.39 is 15.9 Å². The Morgan fingerprint density at radius 3 is 2.48 bits per heavy atom. The second-order valence-corrected chi connectivity index (χ2v) is 9.60. The number of hydrogen-bond donors (Lipinski definition) is 1. The molecule has 0 fully saturated rings. The van der Waals surface area contributed by atoms with E-state index in [4.69, 9.17) is 4.98 Å². The first-order valence-electron chi connectivity index (χ1n) is 8.94. The third-order valence-corrected chi connectivity index (χ3v) is 6.06. The van der Waals surface area contributed by atoms with Gasteiger partial charge in [0.25, 0.3) is 0 Å². The van der Waals surface area contributed by atoms with Gasteiger partial charge < -0.3 is 0 Å². The van der Waals surface area contributed by atoms with Crippen LogP contribution in [0.1, 0.15) is 4.88 Å². The number of aromatic nitrogens is 1. The van der Waals surface area contributed by atoms with E-state index in [0.29, 0.717) is 0 Å². The SMILES string of the molecule is CS(=O)(=O)NC(=O)Cc1ccc(-c2cc(-c3ccccc3)c3ccccc3n2)s1. The van der Waals surface area contributed by atoms with Gasteiger partial charge in [-0.2, -0.15) is 0 Å². The summed E-state index contributed by atoms with van der Waals surface area (Å²) < 4.78 is 24.4. The molecule has 4 aromatic rings. The maximum atomic E-state index is 11.9. The molecule has 0 spiro atoms. The molecule has 0 aliphatic rings. The topological polar surface area (TPSA) is 76.1 Å². The van der Waals surface area contributed by atoms with Crippen molar-refractivity contribution in [3.8, 4) is 21.7 Å².